The van der Waals surface area contributed by atoms with Gasteiger partial charge in [-0.25, -0.2) is 11.8 Å². The van der Waals surface area contributed by atoms with Crippen molar-refractivity contribution in [3.63, 3.8) is 0 Å². The van der Waals surface area contributed by atoms with Gasteiger partial charge < -0.3 is 4.74 Å². The molecule has 0 atom stereocenters. The highest BCUT2D eigenvalue weighted by molar-refractivity contribution is 7.99. The molecule has 89 valence electrons. The van der Waals surface area contributed by atoms with Crippen molar-refractivity contribution in [2.75, 3.05) is 7.11 Å². The van der Waals surface area contributed by atoms with E-state index in [9.17, 15) is 0 Å². The molecule has 2 rings (SSSR count). The molecule has 0 bridgehead atoms. The van der Waals surface area contributed by atoms with Gasteiger partial charge in [0, 0.05) is 15.9 Å². The van der Waals surface area contributed by atoms with Gasteiger partial charge in [0.1, 0.15) is 5.75 Å². The van der Waals surface area contributed by atoms with E-state index in [4.69, 9.17) is 27.9 Å². The van der Waals surface area contributed by atoms with Gasteiger partial charge in [0.05, 0.1) is 17.2 Å². The lowest BCUT2D eigenvalue weighted by Gasteiger charge is -2.11. The molecular formula is C13H11Cl2OS. The number of hydrogen-bond donors (Lipinski definition) is 0. The van der Waals surface area contributed by atoms with Crippen LogP contribution in [0.3, 0.4) is 0 Å². The Hall–Kier alpha value is -0.830. The number of rotatable bonds is 3. The molecule has 0 fully saturated rings. The largest absolute Gasteiger partial charge is 0.495 e. The molecule has 0 N–H and O–H groups in total. The average Bonchev–Trinajstić information content (AvgIpc) is 2.35. The average molecular weight is 286 g/mol. The minimum atomic E-state index is 0.405. The Bertz CT molecular complexity index is 529. The van der Waals surface area contributed by atoms with Crippen LogP contribution in [-0.2, 0) is 0 Å². The van der Waals surface area contributed by atoms with Gasteiger partial charge in [0.25, 0.3) is 0 Å². The molecule has 17 heavy (non-hydrogen) atoms. The van der Waals surface area contributed by atoms with Crippen LogP contribution in [0.25, 0.3) is 0 Å². The van der Waals surface area contributed by atoms with E-state index in [0.717, 1.165) is 15.5 Å². The maximum Gasteiger partial charge on any atom is 0.138 e. The van der Waals surface area contributed by atoms with E-state index in [-0.39, 0.29) is 0 Å². The maximum absolute atomic E-state index is 6.16. The van der Waals surface area contributed by atoms with Crippen LogP contribution in [0.5, 0.6) is 5.75 Å². The lowest BCUT2D eigenvalue weighted by atomic mass is 10.3. The lowest BCUT2D eigenvalue weighted by molar-refractivity contribution is 0.404. The first-order valence-corrected chi connectivity index (χ1v) is 6.73. The van der Waals surface area contributed by atoms with Crippen molar-refractivity contribution in [2.45, 2.75) is 9.79 Å². The van der Waals surface area contributed by atoms with Gasteiger partial charge in [-0.3, -0.25) is 0 Å². The van der Waals surface area contributed by atoms with Crippen LogP contribution >= 0.6 is 35.0 Å². The summed E-state index contributed by atoms with van der Waals surface area (Å²) in [6.45, 7) is 0. The fourth-order valence-electron chi connectivity index (χ4n) is 1.43. The van der Waals surface area contributed by atoms with Crippen LogP contribution in [0, 0.1) is 6.07 Å². The van der Waals surface area contributed by atoms with Crippen LogP contribution in [-0.4, -0.2) is 7.11 Å². The predicted molar refractivity (Wildman–Crippen MR) is 75.2 cm³/mol. The summed E-state index contributed by atoms with van der Waals surface area (Å²) in [4.78, 5) is 2.08. The Morgan fingerprint density at radius 1 is 1.12 bits per heavy atom. The van der Waals surface area contributed by atoms with Crippen molar-refractivity contribution < 1.29 is 4.74 Å². The van der Waals surface area contributed by atoms with Crippen LogP contribution in [0.4, 0.5) is 0 Å². The van der Waals surface area contributed by atoms with Gasteiger partial charge in [0.15, 0.2) is 0 Å². The molecule has 0 heterocycles. The van der Waals surface area contributed by atoms with Crippen molar-refractivity contribution in [3.8, 4) is 5.75 Å². The van der Waals surface area contributed by atoms with E-state index in [1.165, 1.54) is 0 Å². The first kappa shape index (κ1) is 12.6. The van der Waals surface area contributed by atoms with Crippen LogP contribution in [0.1, 0.15) is 0 Å². The normalized spacial score (nSPS) is 11.5. The van der Waals surface area contributed by atoms with Gasteiger partial charge in [-0.1, -0.05) is 41.4 Å². The molecule has 4 heteroatoms. The van der Waals surface area contributed by atoms with Gasteiger partial charge in [0.2, 0.25) is 0 Å². The number of para-hydroxylation sites is 1. The summed E-state index contributed by atoms with van der Waals surface area (Å²) in [6.07, 6.45) is 0. The van der Waals surface area contributed by atoms with Gasteiger partial charge >= 0.3 is 0 Å². The molecule has 0 aromatic heterocycles. The van der Waals surface area contributed by atoms with Crippen LogP contribution < -0.4 is 4.74 Å². The summed E-state index contributed by atoms with van der Waals surface area (Å²) >= 11 is 12.6. The van der Waals surface area contributed by atoms with Crippen molar-refractivity contribution in [2.24, 2.45) is 0 Å². The van der Waals surface area contributed by atoms with Crippen molar-refractivity contribution >= 4 is 35.0 Å². The molecular weight excluding hydrogens is 275 g/mol. The van der Waals surface area contributed by atoms with Crippen LogP contribution in [0.15, 0.2) is 46.2 Å². The van der Waals surface area contributed by atoms with Crippen molar-refractivity contribution in [3.05, 3.63) is 52.5 Å². The van der Waals surface area contributed by atoms with Gasteiger partial charge in [-0.15, -0.1) is 0 Å². The summed E-state index contributed by atoms with van der Waals surface area (Å²) in [6, 6.07) is 14.5. The van der Waals surface area contributed by atoms with E-state index >= 15 is 0 Å². The minimum Gasteiger partial charge on any atom is -0.495 e. The molecule has 1 radical (unpaired) electrons. The van der Waals surface area contributed by atoms with Crippen molar-refractivity contribution in [1.29, 1.82) is 0 Å². The van der Waals surface area contributed by atoms with Gasteiger partial charge in [-0.2, -0.15) is 0 Å². The smallest absolute Gasteiger partial charge is 0.138 e. The minimum absolute atomic E-state index is 0.405. The highest BCUT2D eigenvalue weighted by Gasteiger charge is 2.06. The summed E-state index contributed by atoms with van der Waals surface area (Å²) in [5.74, 6) is 0.752. The number of hydrogen-bond acceptors (Lipinski definition) is 1. The Morgan fingerprint density at radius 3 is 2.65 bits per heavy atom. The molecule has 0 saturated heterocycles. The van der Waals surface area contributed by atoms with Crippen LogP contribution in [0.2, 0.25) is 10.0 Å². The Morgan fingerprint density at radius 2 is 1.88 bits per heavy atom. The van der Waals surface area contributed by atoms with Gasteiger partial charge in [-0.05, 0) is 18.2 Å². The van der Waals surface area contributed by atoms with E-state index in [1.54, 1.807) is 13.2 Å². The first-order valence-electron chi connectivity index (χ1n) is 4.98. The third kappa shape index (κ3) is 2.89. The highest BCUT2D eigenvalue weighted by atomic mass is 35.5. The molecule has 0 aliphatic rings. The third-order valence-corrected chi connectivity index (χ3v) is 4.57. The topological polar surface area (TPSA) is 9.23 Å². The van der Waals surface area contributed by atoms with E-state index < -0.39 is 0 Å². The molecule has 0 aliphatic carbocycles. The van der Waals surface area contributed by atoms with Crippen molar-refractivity contribution in [1.82, 2.24) is 0 Å². The monoisotopic (exact) mass is 285 g/mol. The second-order valence-electron chi connectivity index (χ2n) is 3.34. The number of ether oxygens (including phenoxy) is 1. The molecule has 2 aromatic rings. The second-order valence-corrected chi connectivity index (χ2v) is 5.46. The third-order valence-electron chi connectivity index (χ3n) is 2.24. The second kappa shape index (κ2) is 5.67. The summed E-state index contributed by atoms with van der Waals surface area (Å²) < 4.78 is 5.26. The Kier molecular flexibility index (Phi) is 4.21. The molecule has 0 saturated carbocycles. The zero-order valence-electron chi connectivity index (χ0n) is 9.13. The molecule has 2 aromatic carbocycles. The fraction of sp³-hybridized carbons (Fsp3) is 0.0769. The van der Waals surface area contributed by atoms with E-state index in [2.05, 4.69) is 6.07 Å². The van der Waals surface area contributed by atoms with E-state index in [1.807, 2.05) is 30.3 Å². The molecule has 0 spiro atoms. The first-order chi connectivity index (χ1) is 8.22. The molecule has 1 nitrogen and oxygen atoms in total. The Labute approximate surface area is 115 Å². The summed E-state index contributed by atoms with van der Waals surface area (Å²) in [5, 5.41) is 1.19. The fourth-order valence-corrected chi connectivity index (χ4v) is 3.14. The lowest BCUT2D eigenvalue weighted by Crippen LogP contribution is -1.86. The molecule has 0 amide bonds. The summed E-state index contributed by atoms with van der Waals surface area (Å²) in [5.41, 5.74) is 0. The highest BCUT2D eigenvalue weighted by Crippen LogP contribution is 2.40. The maximum atomic E-state index is 6.16. The standard InChI is InChI=1S/C13H11Cl2OS/c1-16-10-6-2-3-7-11(10)17-12-8-4-5-9(14)13(12)15/h2-5,7-8H,17H2,1H3. The summed E-state index contributed by atoms with van der Waals surface area (Å²) in [7, 11) is 1.64. The molecule has 0 unspecified atom stereocenters. The number of halogens is 2. The number of methoxy groups -OCH3 is 1. The SMILES string of the molecule is COc1[c]cccc1[SH2]c1cccc(Cl)c1Cl. The zero-order chi connectivity index (χ0) is 12.3. The predicted octanol–water partition coefficient (Wildman–Crippen LogP) is 4.42. The molecule has 0 aliphatic heterocycles. The zero-order valence-corrected chi connectivity index (χ0v) is 11.6. The Balaban J connectivity index is 2.35. The number of benzene rings is 2. The quantitative estimate of drug-likeness (QED) is 0.811. The van der Waals surface area contributed by atoms with E-state index in [0.29, 0.717) is 21.8 Å².